The minimum Gasteiger partial charge on any atom is -0.287 e. The Morgan fingerprint density at radius 3 is 2.23 bits per heavy atom. The van der Waals surface area contributed by atoms with Crippen molar-refractivity contribution in [1.82, 2.24) is 0 Å². The van der Waals surface area contributed by atoms with Crippen molar-refractivity contribution in [3.63, 3.8) is 0 Å². The van der Waals surface area contributed by atoms with Gasteiger partial charge in [-0.25, -0.2) is 8.78 Å². The van der Waals surface area contributed by atoms with E-state index in [0.717, 1.165) is 11.6 Å². The molecule has 3 saturated carbocycles. The molecule has 26 heavy (non-hydrogen) atoms. The summed E-state index contributed by atoms with van der Waals surface area (Å²) in [4.78, 5) is 12.2. The number of hydrogen-bond donors (Lipinski definition) is 0. The Bertz CT molecular complexity index is 939. The number of Topliss-reactive ketones (excluding diaryl/α,β-unsaturated/α-hetero) is 1. The summed E-state index contributed by atoms with van der Waals surface area (Å²) >= 11 is 0. The summed E-state index contributed by atoms with van der Waals surface area (Å²) < 4.78 is 56.6. The van der Waals surface area contributed by atoms with E-state index in [2.05, 4.69) is 0 Å². The number of ketones is 1. The van der Waals surface area contributed by atoms with E-state index in [1.54, 1.807) is 24.3 Å². The van der Waals surface area contributed by atoms with Gasteiger partial charge in [-0.1, -0.05) is 12.1 Å². The maximum absolute atomic E-state index is 14.8. The Balaban J connectivity index is 1.57. The number of nitriles is 1. The van der Waals surface area contributed by atoms with Gasteiger partial charge >= 0.3 is 5.92 Å². The number of hydrogen-bond acceptors (Lipinski definition) is 2. The molecule has 2 nitrogen and oxygen atoms in total. The normalized spacial score (nSPS) is 26.4. The summed E-state index contributed by atoms with van der Waals surface area (Å²) in [5.74, 6) is -7.50. The first-order valence-corrected chi connectivity index (χ1v) is 8.11. The van der Waals surface area contributed by atoms with E-state index < -0.39 is 39.7 Å². The first-order chi connectivity index (χ1) is 12.2. The molecule has 2 aromatic rings. The summed E-state index contributed by atoms with van der Waals surface area (Å²) in [5.41, 5.74) is -1.49. The Morgan fingerprint density at radius 2 is 1.65 bits per heavy atom. The Kier molecular flexibility index (Phi) is 3.33. The molecule has 0 aliphatic heterocycles. The van der Waals surface area contributed by atoms with Gasteiger partial charge in [0, 0.05) is 5.41 Å². The summed E-state index contributed by atoms with van der Waals surface area (Å²) in [6.07, 6.45) is 0.338. The molecule has 6 heteroatoms. The fraction of sp³-hybridized carbons (Fsp3) is 0.300. The lowest BCUT2D eigenvalue weighted by molar-refractivity contribution is -0.256. The smallest absolute Gasteiger partial charge is 0.287 e. The number of carbonyl (C=O) groups is 1. The molecular weight excluding hydrogens is 346 g/mol. The van der Waals surface area contributed by atoms with Gasteiger partial charge in [0.05, 0.1) is 17.2 Å². The van der Waals surface area contributed by atoms with E-state index in [-0.39, 0.29) is 19.3 Å². The van der Waals surface area contributed by atoms with Crippen LogP contribution in [0.1, 0.15) is 40.7 Å². The fourth-order valence-electron chi connectivity index (χ4n) is 4.41. The number of halogens is 4. The van der Waals surface area contributed by atoms with E-state index in [1.807, 2.05) is 6.07 Å². The van der Waals surface area contributed by atoms with Gasteiger partial charge in [-0.3, -0.25) is 4.79 Å². The monoisotopic (exact) mass is 359 g/mol. The van der Waals surface area contributed by atoms with Crippen molar-refractivity contribution in [3.8, 4) is 6.07 Å². The van der Waals surface area contributed by atoms with E-state index in [0.29, 0.717) is 17.7 Å². The van der Waals surface area contributed by atoms with Crippen molar-refractivity contribution in [2.75, 3.05) is 0 Å². The molecule has 132 valence electrons. The number of benzene rings is 2. The molecular formula is C20H13F4NO. The summed E-state index contributed by atoms with van der Waals surface area (Å²) in [5, 5.41) is 8.83. The number of nitrogens with zero attached hydrogens (tertiary/aromatic N) is 1. The van der Waals surface area contributed by atoms with Crippen LogP contribution in [0.5, 0.6) is 0 Å². The molecule has 3 fully saturated rings. The molecule has 0 N–H and O–H groups in total. The van der Waals surface area contributed by atoms with Crippen molar-refractivity contribution < 1.29 is 22.4 Å². The van der Waals surface area contributed by atoms with Crippen LogP contribution in [0, 0.1) is 28.4 Å². The number of carbonyl (C=O) groups excluding carboxylic acids is 1. The maximum atomic E-state index is 14.8. The Morgan fingerprint density at radius 1 is 1.04 bits per heavy atom. The minimum absolute atomic E-state index is 0.113. The van der Waals surface area contributed by atoms with Crippen LogP contribution in [0.3, 0.4) is 0 Å². The molecule has 2 bridgehead atoms. The minimum atomic E-state index is -3.75. The van der Waals surface area contributed by atoms with E-state index in [4.69, 9.17) is 5.26 Å². The summed E-state index contributed by atoms with van der Waals surface area (Å²) in [6.45, 7) is 0. The van der Waals surface area contributed by atoms with Crippen LogP contribution in [0.2, 0.25) is 0 Å². The number of alkyl halides is 2. The van der Waals surface area contributed by atoms with Gasteiger partial charge in [0.2, 0.25) is 5.78 Å². The van der Waals surface area contributed by atoms with Crippen molar-refractivity contribution >= 4 is 5.78 Å². The van der Waals surface area contributed by atoms with Crippen LogP contribution < -0.4 is 0 Å². The van der Waals surface area contributed by atoms with Crippen LogP contribution in [-0.2, 0) is 5.41 Å². The van der Waals surface area contributed by atoms with Gasteiger partial charge in [-0.05, 0) is 60.6 Å². The van der Waals surface area contributed by atoms with E-state index in [9.17, 15) is 22.4 Å². The SMILES string of the molecule is N#Cc1ccc(C23CC(C(F)(F)C(=O)c4cc(F)ccc4F)(C2)C3)cc1. The topological polar surface area (TPSA) is 40.9 Å². The van der Waals surface area contributed by atoms with Crippen LogP contribution in [-0.4, -0.2) is 11.7 Å². The average molecular weight is 359 g/mol. The summed E-state index contributed by atoms with van der Waals surface area (Å²) in [6, 6.07) is 10.7. The van der Waals surface area contributed by atoms with Gasteiger partial charge in [0.25, 0.3) is 0 Å². The highest BCUT2D eigenvalue weighted by molar-refractivity contribution is 6.02. The van der Waals surface area contributed by atoms with Crippen LogP contribution in [0.4, 0.5) is 17.6 Å². The quantitative estimate of drug-likeness (QED) is 0.582. The van der Waals surface area contributed by atoms with Gasteiger partial charge in [0.1, 0.15) is 11.6 Å². The fourth-order valence-corrected chi connectivity index (χ4v) is 4.41. The molecule has 0 unspecified atom stereocenters. The van der Waals surface area contributed by atoms with Gasteiger partial charge in [0.15, 0.2) is 0 Å². The molecule has 2 aromatic carbocycles. The van der Waals surface area contributed by atoms with Gasteiger partial charge in [-0.15, -0.1) is 0 Å². The lowest BCUT2D eigenvalue weighted by Crippen LogP contribution is -2.73. The van der Waals surface area contributed by atoms with Crippen molar-refractivity contribution in [1.29, 1.82) is 5.26 Å². The molecule has 0 spiro atoms. The molecule has 0 amide bonds. The second-order valence-electron chi connectivity index (χ2n) is 7.31. The van der Waals surface area contributed by atoms with Crippen molar-refractivity contribution in [2.45, 2.75) is 30.6 Å². The van der Waals surface area contributed by atoms with Crippen LogP contribution in [0.25, 0.3) is 0 Å². The van der Waals surface area contributed by atoms with Gasteiger partial charge in [-0.2, -0.15) is 14.0 Å². The molecule has 0 radical (unpaired) electrons. The maximum Gasteiger partial charge on any atom is 0.315 e. The third-order valence-electron chi connectivity index (χ3n) is 5.78. The Labute approximate surface area is 147 Å². The molecule has 0 saturated heterocycles. The van der Waals surface area contributed by atoms with E-state index >= 15 is 0 Å². The summed E-state index contributed by atoms with van der Waals surface area (Å²) in [7, 11) is 0. The highest BCUT2D eigenvalue weighted by Crippen LogP contribution is 2.78. The predicted molar refractivity (Wildman–Crippen MR) is 84.8 cm³/mol. The molecule has 3 aliphatic carbocycles. The first-order valence-electron chi connectivity index (χ1n) is 8.11. The molecule has 3 aliphatic rings. The van der Waals surface area contributed by atoms with E-state index in [1.165, 1.54) is 0 Å². The zero-order valence-corrected chi connectivity index (χ0v) is 13.5. The van der Waals surface area contributed by atoms with Crippen LogP contribution >= 0.6 is 0 Å². The highest BCUT2D eigenvalue weighted by atomic mass is 19.3. The second-order valence-corrected chi connectivity index (χ2v) is 7.31. The third kappa shape index (κ3) is 2.06. The zero-order valence-electron chi connectivity index (χ0n) is 13.5. The lowest BCUT2D eigenvalue weighted by atomic mass is 9.31. The molecule has 0 aromatic heterocycles. The highest BCUT2D eigenvalue weighted by Gasteiger charge is 2.79. The van der Waals surface area contributed by atoms with Crippen LogP contribution in [0.15, 0.2) is 42.5 Å². The van der Waals surface area contributed by atoms with Crippen molar-refractivity contribution in [3.05, 3.63) is 70.8 Å². The largest absolute Gasteiger partial charge is 0.315 e. The third-order valence-corrected chi connectivity index (χ3v) is 5.78. The lowest BCUT2D eigenvalue weighted by Gasteiger charge is -2.72. The predicted octanol–water partition coefficient (Wildman–Crippen LogP) is 4.78. The average Bonchev–Trinajstić information content (AvgIpc) is 2.54. The second kappa shape index (κ2) is 5.16. The zero-order chi connectivity index (χ0) is 18.7. The first kappa shape index (κ1) is 16.8. The Hall–Kier alpha value is -2.68. The molecule has 5 rings (SSSR count). The molecule has 0 atom stereocenters. The standard InChI is InChI=1S/C20H13F4NO/c21-14-5-6-16(22)15(7-14)17(26)20(23,24)19-9-18(10-19,11-19)13-3-1-12(8-25)2-4-13/h1-7H,9-11H2. The van der Waals surface area contributed by atoms with Crippen molar-refractivity contribution in [2.24, 2.45) is 5.41 Å². The van der Waals surface area contributed by atoms with Gasteiger partial charge < -0.3 is 0 Å². The number of rotatable bonds is 4. The molecule has 0 heterocycles.